The number of hydroxylamine groups is 1. The molecule has 1 aromatic carbocycles. The van der Waals surface area contributed by atoms with E-state index in [0.717, 1.165) is 15.6 Å². The van der Waals surface area contributed by atoms with E-state index in [2.05, 4.69) is 0 Å². The van der Waals surface area contributed by atoms with Gasteiger partial charge in [-0.1, -0.05) is 6.92 Å². The van der Waals surface area contributed by atoms with Crippen LogP contribution < -0.4 is 10.2 Å². The Balaban J connectivity index is 2.27. The zero-order chi connectivity index (χ0) is 20.2. The molecule has 3 N–H and O–H groups in total. The number of benzene rings is 1. The van der Waals surface area contributed by atoms with Gasteiger partial charge >= 0.3 is 6.09 Å². The first-order valence-electron chi connectivity index (χ1n) is 8.41. The minimum atomic E-state index is -4.08. The molecular weight excluding hydrogens is 378 g/mol. The molecule has 1 aromatic rings. The van der Waals surface area contributed by atoms with E-state index in [1.54, 1.807) is 0 Å². The molecule has 10 nitrogen and oxygen atoms in total. The summed E-state index contributed by atoms with van der Waals surface area (Å²) >= 11 is 0. The van der Waals surface area contributed by atoms with E-state index in [0.29, 0.717) is 5.75 Å². The van der Waals surface area contributed by atoms with Gasteiger partial charge < -0.3 is 14.7 Å². The zero-order valence-corrected chi connectivity index (χ0v) is 15.8. The highest BCUT2D eigenvalue weighted by molar-refractivity contribution is 7.89. The number of rotatable bonds is 6. The zero-order valence-electron chi connectivity index (χ0n) is 15.0. The van der Waals surface area contributed by atoms with Crippen molar-refractivity contribution in [2.75, 3.05) is 19.6 Å². The molecule has 1 aliphatic heterocycles. The molecule has 0 radical (unpaired) electrons. The molecule has 0 spiro atoms. The van der Waals surface area contributed by atoms with E-state index in [4.69, 9.17) is 15.1 Å². The Kier molecular flexibility index (Phi) is 6.63. The summed E-state index contributed by atoms with van der Waals surface area (Å²) in [5.41, 5.74) is 1.40. The van der Waals surface area contributed by atoms with Gasteiger partial charge in [0.15, 0.2) is 0 Å². The predicted octanol–water partition coefficient (Wildman–Crippen LogP) is 0.722. The standard InChI is InChI=1S/C16H23N3O7S/c1-3-11(2)26-12-4-6-13(7-5-12)27(24,25)19-9-8-18(16(21)22)10-14(19)15(20)17-23/h4-7,11,14,23H,3,8-10H2,1-2H3,(H,17,20)(H,21,22). The van der Waals surface area contributed by atoms with Gasteiger partial charge in [-0.25, -0.2) is 18.7 Å². The summed E-state index contributed by atoms with van der Waals surface area (Å²) < 4.78 is 32.4. The smallest absolute Gasteiger partial charge is 0.407 e. The van der Waals surface area contributed by atoms with Crippen molar-refractivity contribution in [1.29, 1.82) is 0 Å². The highest BCUT2D eigenvalue weighted by atomic mass is 32.2. The first-order chi connectivity index (χ1) is 12.7. The van der Waals surface area contributed by atoms with Crippen molar-refractivity contribution in [2.24, 2.45) is 0 Å². The van der Waals surface area contributed by atoms with Crippen LogP contribution in [0.4, 0.5) is 4.79 Å². The molecule has 11 heteroatoms. The molecule has 0 aliphatic carbocycles. The van der Waals surface area contributed by atoms with Gasteiger partial charge in [-0.2, -0.15) is 4.31 Å². The molecule has 2 amide bonds. The highest BCUT2D eigenvalue weighted by Crippen LogP contribution is 2.24. The van der Waals surface area contributed by atoms with Gasteiger partial charge in [-0.3, -0.25) is 10.0 Å². The molecular formula is C16H23N3O7S. The van der Waals surface area contributed by atoms with Crippen molar-refractivity contribution in [3.63, 3.8) is 0 Å². The second-order valence-corrected chi connectivity index (χ2v) is 8.03. The number of carbonyl (C=O) groups is 2. The number of ether oxygens (including phenoxy) is 1. The van der Waals surface area contributed by atoms with E-state index in [-0.39, 0.29) is 30.6 Å². The number of sulfonamides is 1. The van der Waals surface area contributed by atoms with Crippen molar-refractivity contribution < 1.29 is 33.1 Å². The Morgan fingerprint density at radius 1 is 1.30 bits per heavy atom. The maximum absolute atomic E-state index is 12.9. The van der Waals surface area contributed by atoms with E-state index in [1.807, 2.05) is 13.8 Å². The lowest BCUT2D eigenvalue weighted by Crippen LogP contribution is -2.61. The quantitative estimate of drug-likeness (QED) is 0.472. The summed E-state index contributed by atoms with van der Waals surface area (Å²) in [7, 11) is -4.08. The molecule has 1 fully saturated rings. The van der Waals surface area contributed by atoms with E-state index >= 15 is 0 Å². The van der Waals surface area contributed by atoms with E-state index in [9.17, 15) is 18.0 Å². The lowest BCUT2D eigenvalue weighted by atomic mass is 10.2. The Labute approximate surface area is 157 Å². The summed E-state index contributed by atoms with van der Waals surface area (Å²) in [6.45, 7) is 3.18. The number of hydrogen-bond donors (Lipinski definition) is 3. The third kappa shape index (κ3) is 4.67. The second-order valence-electron chi connectivity index (χ2n) is 6.14. The fourth-order valence-corrected chi connectivity index (χ4v) is 4.23. The van der Waals surface area contributed by atoms with Crippen LogP contribution in [0.3, 0.4) is 0 Å². The fraction of sp³-hybridized carbons (Fsp3) is 0.500. The van der Waals surface area contributed by atoms with Gasteiger partial charge in [0.05, 0.1) is 11.0 Å². The number of carbonyl (C=O) groups excluding carboxylic acids is 1. The van der Waals surface area contributed by atoms with Gasteiger partial charge in [0.1, 0.15) is 11.8 Å². The molecule has 1 heterocycles. The second kappa shape index (κ2) is 8.55. The monoisotopic (exact) mass is 401 g/mol. The Bertz CT molecular complexity index is 782. The molecule has 2 rings (SSSR count). The first-order valence-corrected chi connectivity index (χ1v) is 9.85. The lowest BCUT2D eigenvalue weighted by molar-refractivity contribution is -0.134. The average Bonchev–Trinajstić information content (AvgIpc) is 2.67. The number of piperazine rings is 1. The van der Waals surface area contributed by atoms with Crippen molar-refractivity contribution in [2.45, 2.75) is 37.3 Å². The number of hydrogen-bond acceptors (Lipinski definition) is 6. The molecule has 0 saturated carbocycles. The average molecular weight is 401 g/mol. The van der Waals surface area contributed by atoms with E-state index in [1.165, 1.54) is 29.7 Å². The van der Waals surface area contributed by atoms with Gasteiger partial charge in [-0.05, 0) is 37.6 Å². The summed E-state index contributed by atoms with van der Waals surface area (Å²) in [5.74, 6) is -0.482. The first kappa shape index (κ1) is 20.9. The molecule has 150 valence electrons. The van der Waals surface area contributed by atoms with Crippen LogP contribution in [0.15, 0.2) is 29.2 Å². The minimum Gasteiger partial charge on any atom is -0.491 e. The highest BCUT2D eigenvalue weighted by Gasteiger charge is 2.41. The molecule has 2 unspecified atom stereocenters. The van der Waals surface area contributed by atoms with Crippen molar-refractivity contribution in [1.82, 2.24) is 14.7 Å². The topological polar surface area (TPSA) is 136 Å². The number of carboxylic acid groups (broad SMARTS) is 1. The van der Waals surface area contributed by atoms with Crippen LogP contribution in [0, 0.1) is 0 Å². The van der Waals surface area contributed by atoms with Crippen molar-refractivity contribution >= 4 is 22.0 Å². The Morgan fingerprint density at radius 3 is 2.44 bits per heavy atom. The molecule has 27 heavy (non-hydrogen) atoms. The largest absolute Gasteiger partial charge is 0.491 e. The van der Waals surface area contributed by atoms with Crippen LogP contribution >= 0.6 is 0 Å². The lowest BCUT2D eigenvalue weighted by Gasteiger charge is -2.37. The van der Waals surface area contributed by atoms with Gasteiger partial charge in [0, 0.05) is 19.6 Å². The summed E-state index contributed by atoms with van der Waals surface area (Å²) in [5, 5.41) is 18.0. The summed E-state index contributed by atoms with van der Waals surface area (Å²) in [6, 6.07) is 4.40. The van der Waals surface area contributed by atoms with Crippen LogP contribution in [-0.4, -0.2) is 71.7 Å². The van der Waals surface area contributed by atoms with Crippen LogP contribution in [0.1, 0.15) is 20.3 Å². The number of nitrogens with zero attached hydrogens (tertiary/aromatic N) is 2. The maximum atomic E-state index is 12.9. The van der Waals surface area contributed by atoms with Crippen LogP contribution in [0.2, 0.25) is 0 Å². The van der Waals surface area contributed by atoms with Crippen LogP contribution in [0.25, 0.3) is 0 Å². The Hall–Kier alpha value is -2.37. The molecule has 2 atom stereocenters. The fourth-order valence-electron chi connectivity index (χ4n) is 2.66. The van der Waals surface area contributed by atoms with Crippen molar-refractivity contribution in [3.05, 3.63) is 24.3 Å². The molecule has 0 bridgehead atoms. The molecule has 1 aliphatic rings. The van der Waals surface area contributed by atoms with Gasteiger partial charge in [0.25, 0.3) is 5.91 Å². The molecule has 1 saturated heterocycles. The third-order valence-corrected chi connectivity index (χ3v) is 6.28. The van der Waals surface area contributed by atoms with E-state index < -0.39 is 28.1 Å². The minimum absolute atomic E-state index is 0.0193. The Morgan fingerprint density at radius 2 is 1.93 bits per heavy atom. The predicted molar refractivity (Wildman–Crippen MR) is 94.0 cm³/mol. The summed E-state index contributed by atoms with van der Waals surface area (Å²) in [4.78, 5) is 23.9. The van der Waals surface area contributed by atoms with Gasteiger partial charge in [0.2, 0.25) is 10.0 Å². The number of nitrogens with one attached hydrogen (secondary N) is 1. The van der Waals surface area contributed by atoms with Crippen LogP contribution in [-0.2, 0) is 14.8 Å². The molecule has 0 aromatic heterocycles. The normalized spacial score (nSPS) is 19.4. The SMILES string of the molecule is CCC(C)Oc1ccc(S(=O)(=O)N2CCN(C(=O)O)CC2C(=O)NO)cc1. The third-order valence-electron chi connectivity index (χ3n) is 4.36. The maximum Gasteiger partial charge on any atom is 0.407 e. The number of amides is 2. The summed E-state index contributed by atoms with van der Waals surface area (Å²) in [6.07, 6.45) is -0.491. The van der Waals surface area contributed by atoms with Gasteiger partial charge in [-0.15, -0.1) is 0 Å². The van der Waals surface area contributed by atoms with Crippen molar-refractivity contribution in [3.8, 4) is 5.75 Å². The van der Waals surface area contributed by atoms with Crippen LogP contribution in [0.5, 0.6) is 5.75 Å².